The molecule has 3 rings (SSSR count). The van der Waals surface area contributed by atoms with E-state index in [9.17, 15) is 9.90 Å². The summed E-state index contributed by atoms with van der Waals surface area (Å²) in [6, 6.07) is 11.6. The van der Waals surface area contributed by atoms with Gasteiger partial charge in [0.1, 0.15) is 5.75 Å². The zero-order valence-corrected chi connectivity index (χ0v) is 14.3. The van der Waals surface area contributed by atoms with Crippen molar-refractivity contribution < 1.29 is 14.6 Å². The largest absolute Gasteiger partial charge is 0.497 e. The number of aromatic nitrogens is 1. The molecule has 1 aromatic carbocycles. The van der Waals surface area contributed by atoms with Crippen molar-refractivity contribution in [2.75, 3.05) is 20.2 Å². The summed E-state index contributed by atoms with van der Waals surface area (Å²) in [5.41, 5.74) is 2.01. The van der Waals surface area contributed by atoms with Crippen LogP contribution in [0, 0.1) is 0 Å². The number of nitrogens with zero attached hydrogens (tertiary/aromatic N) is 2. The normalized spacial score (nSPS) is 20.4. The average molecular weight is 341 g/mol. The number of aliphatic hydroxyl groups is 1. The van der Waals surface area contributed by atoms with Crippen LogP contribution in [-0.2, 0) is 11.3 Å². The first kappa shape index (κ1) is 17.4. The summed E-state index contributed by atoms with van der Waals surface area (Å²) in [7, 11) is 1.63. The van der Waals surface area contributed by atoms with Crippen LogP contribution >= 0.6 is 0 Å². The second-order valence-corrected chi connectivity index (χ2v) is 6.25. The van der Waals surface area contributed by atoms with E-state index < -0.39 is 6.10 Å². The second kappa shape index (κ2) is 8.09. The Balaban J connectivity index is 1.62. The SMILES string of the molecule is COc1cccc([C@H]2C[C@@H](O)CN2CC(=O)NCc2cccnc2)c1. The van der Waals surface area contributed by atoms with Gasteiger partial charge in [0.2, 0.25) is 5.91 Å². The number of methoxy groups -OCH3 is 1. The first-order chi connectivity index (χ1) is 12.2. The summed E-state index contributed by atoms with van der Waals surface area (Å²) in [6.07, 6.45) is 3.62. The van der Waals surface area contributed by atoms with Crippen LogP contribution in [0.4, 0.5) is 0 Å². The van der Waals surface area contributed by atoms with Crippen molar-refractivity contribution in [3.63, 3.8) is 0 Å². The number of β-amino-alcohol motifs (C(OH)–C–C–N with tert-alkyl or cyclic N) is 1. The molecule has 0 saturated carbocycles. The van der Waals surface area contributed by atoms with Crippen molar-refractivity contribution in [3.8, 4) is 5.75 Å². The molecule has 132 valence electrons. The molecular formula is C19H23N3O3. The maximum Gasteiger partial charge on any atom is 0.234 e. The Kier molecular flexibility index (Phi) is 5.63. The summed E-state index contributed by atoms with van der Waals surface area (Å²) in [4.78, 5) is 18.3. The van der Waals surface area contributed by atoms with Gasteiger partial charge in [-0.2, -0.15) is 0 Å². The van der Waals surface area contributed by atoms with Gasteiger partial charge in [-0.15, -0.1) is 0 Å². The van der Waals surface area contributed by atoms with Crippen LogP contribution in [0.5, 0.6) is 5.75 Å². The predicted octanol–water partition coefficient (Wildman–Crippen LogP) is 1.51. The molecule has 1 aromatic heterocycles. The zero-order chi connectivity index (χ0) is 17.6. The predicted molar refractivity (Wildman–Crippen MR) is 94.0 cm³/mol. The van der Waals surface area contributed by atoms with Crippen molar-refractivity contribution in [1.82, 2.24) is 15.2 Å². The first-order valence-electron chi connectivity index (χ1n) is 8.37. The zero-order valence-electron chi connectivity index (χ0n) is 14.3. The molecule has 25 heavy (non-hydrogen) atoms. The Morgan fingerprint density at radius 1 is 1.40 bits per heavy atom. The maximum atomic E-state index is 12.3. The molecule has 1 saturated heterocycles. The molecule has 2 aromatic rings. The van der Waals surface area contributed by atoms with Gasteiger partial charge in [-0.1, -0.05) is 18.2 Å². The van der Waals surface area contributed by atoms with Crippen molar-refractivity contribution in [3.05, 3.63) is 59.9 Å². The number of aliphatic hydroxyl groups excluding tert-OH is 1. The van der Waals surface area contributed by atoms with E-state index in [-0.39, 0.29) is 18.5 Å². The molecular weight excluding hydrogens is 318 g/mol. The number of pyridine rings is 1. The molecule has 6 heteroatoms. The summed E-state index contributed by atoms with van der Waals surface area (Å²) < 4.78 is 5.28. The van der Waals surface area contributed by atoms with E-state index in [2.05, 4.69) is 10.3 Å². The standard InChI is InChI=1S/C19H23N3O3/c1-25-17-6-2-5-15(8-17)18-9-16(23)12-22(18)13-19(24)21-11-14-4-3-7-20-10-14/h2-8,10,16,18,23H,9,11-13H2,1H3,(H,21,24)/t16-,18-/m1/s1. The van der Waals surface area contributed by atoms with Gasteiger partial charge in [0.15, 0.2) is 0 Å². The third-order valence-electron chi connectivity index (χ3n) is 4.42. The van der Waals surface area contributed by atoms with Crippen LogP contribution in [0.25, 0.3) is 0 Å². The van der Waals surface area contributed by atoms with E-state index in [0.29, 0.717) is 19.5 Å². The average Bonchev–Trinajstić information content (AvgIpc) is 3.01. The number of carbonyl (C=O) groups excluding carboxylic acids is 1. The molecule has 1 amide bonds. The summed E-state index contributed by atoms with van der Waals surface area (Å²) in [5.74, 6) is 0.714. The molecule has 0 unspecified atom stereocenters. The molecule has 1 aliphatic rings. The van der Waals surface area contributed by atoms with Crippen LogP contribution in [0.2, 0.25) is 0 Å². The summed E-state index contributed by atoms with van der Waals surface area (Å²) in [5, 5.41) is 13.0. The molecule has 2 heterocycles. The molecule has 0 aliphatic carbocycles. The minimum atomic E-state index is -0.428. The monoisotopic (exact) mass is 341 g/mol. The van der Waals surface area contributed by atoms with E-state index in [1.807, 2.05) is 41.3 Å². The number of hydrogen-bond donors (Lipinski definition) is 2. The fraction of sp³-hybridized carbons (Fsp3) is 0.368. The van der Waals surface area contributed by atoms with Gasteiger partial charge in [-0.05, 0) is 35.7 Å². The Bertz CT molecular complexity index is 708. The Morgan fingerprint density at radius 3 is 3.04 bits per heavy atom. The molecule has 1 aliphatic heterocycles. The third kappa shape index (κ3) is 4.55. The Hall–Kier alpha value is -2.44. The quantitative estimate of drug-likeness (QED) is 0.833. The lowest BCUT2D eigenvalue weighted by atomic mass is 10.0. The minimum absolute atomic E-state index is 0.00856. The number of amides is 1. The lowest BCUT2D eigenvalue weighted by Gasteiger charge is -2.24. The molecule has 2 atom stereocenters. The van der Waals surface area contributed by atoms with Gasteiger partial charge >= 0.3 is 0 Å². The van der Waals surface area contributed by atoms with E-state index >= 15 is 0 Å². The number of rotatable bonds is 6. The van der Waals surface area contributed by atoms with E-state index in [1.54, 1.807) is 19.5 Å². The van der Waals surface area contributed by atoms with Gasteiger partial charge in [0, 0.05) is 31.5 Å². The first-order valence-corrected chi connectivity index (χ1v) is 8.37. The van der Waals surface area contributed by atoms with Gasteiger partial charge in [-0.3, -0.25) is 14.7 Å². The number of hydrogen-bond acceptors (Lipinski definition) is 5. The van der Waals surface area contributed by atoms with Gasteiger partial charge in [0.05, 0.1) is 19.8 Å². The highest BCUT2D eigenvalue weighted by Crippen LogP contribution is 2.33. The third-order valence-corrected chi connectivity index (χ3v) is 4.42. The van der Waals surface area contributed by atoms with E-state index in [0.717, 1.165) is 16.9 Å². The van der Waals surface area contributed by atoms with Crippen molar-refractivity contribution in [1.29, 1.82) is 0 Å². The molecule has 0 bridgehead atoms. The highest BCUT2D eigenvalue weighted by Gasteiger charge is 2.33. The van der Waals surface area contributed by atoms with Gasteiger partial charge < -0.3 is 15.2 Å². The van der Waals surface area contributed by atoms with Crippen LogP contribution < -0.4 is 10.1 Å². The summed E-state index contributed by atoms with van der Waals surface area (Å²) in [6.45, 7) is 1.19. The minimum Gasteiger partial charge on any atom is -0.497 e. The number of likely N-dealkylation sites (tertiary alicyclic amines) is 1. The van der Waals surface area contributed by atoms with Crippen molar-refractivity contribution in [2.45, 2.75) is 25.1 Å². The van der Waals surface area contributed by atoms with Crippen LogP contribution in [0.1, 0.15) is 23.6 Å². The smallest absolute Gasteiger partial charge is 0.234 e. The van der Waals surface area contributed by atoms with Gasteiger partial charge in [0.25, 0.3) is 0 Å². The van der Waals surface area contributed by atoms with Crippen LogP contribution in [-0.4, -0.2) is 47.2 Å². The van der Waals surface area contributed by atoms with E-state index in [4.69, 9.17) is 4.74 Å². The van der Waals surface area contributed by atoms with Crippen molar-refractivity contribution in [2.24, 2.45) is 0 Å². The topological polar surface area (TPSA) is 74.7 Å². The van der Waals surface area contributed by atoms with Crippen LogP contribution in [0.15, 0.2) is 48.8 Å². The van der Waals surface area contributed by atoms with Crippen LogP contribution in [0.3, 0.4) is 0 Å². The summed E-state index contributed by atoms with van der Waals surface area (Å²) >= 11 is 0. The highest BCUT2D eigenvalue weighted by molar-refractivity contribution is 5.78. The highest BCUT2D eigenvalue weighted by atomic mass is 16.5. The fourth-order valence-corrected chi connectivity index (χ4v) is 3.19. The molecule has 0 spiro atoms. The second-order valence-electron chi connectivity index (χ2n) is 6.25. The Labute approximate surface area is 147 Å². The molecule has 6 nitrogen and oxygen atoms in total. The fourth-order valence-electron chi connectivity index (χ4n) is 3.19. The lowest BCUT2D eigenvalue weighted by molar-refractivity contribution is -0.122. The van der Waals surface area contributed by atoms with E-state index in [1.165, 1.54) is 0 Å². The number of nitrogens with one attached hydrogen (secondary N) is 1. The Morgan fingerprint density at radius 2 is 2.28 bits per heavy atom. The molecule has 0 radical (unpaired) electrons. The number of ether oxygens (including phenoxy) is 1. The number of benzene rings is 1. The lowest BCUT2D eigenvalue weighted by Crippen LogP contribution is -2.37. The van der Waals surface area contributed by atoms with Gasteiger partial charge in [-0.25, -0.2) is 0 Å². The molecule has 2 N–H and O–H groups in total. The van der Waals surface area contributed by atoms with Crippen molar-refractivity contribution >= 4 is 5.91 Å². The molecule has 1 fully saturated rings. The number of carbonyl (C=O) groups is 1. The maximum absolute atomic E-state index is 12.3.